The van der Waals surface area contributed by atoms with E-state index in [4.69, 9.17) is 11.6 Å². The van der Waals surface area contributed by atoms with E-state index in [0.717, 1.165) is 49.9 Å². The van der Waals surface area contributed by atoms with Crippen molar-refractivity contribution in [2.45, 2.75) is 43.9 Å². The Hall–Kier alpha value is -2.34. The molecular formula is C22H27ClN4O2. The van der Waals surface area contributed by atoms with Gasteiger partial charge in [0, 0.05) is 37.3 Å². The Labute approximate surface area is 176 Å². The molecule has 1 atom stereocenters. The number of hydrogen-bond donors (Lipinski definition) is 2. The molecular weight excluding hydrogens is 388 g/mol. The number of benzene rings is 1. The highest BCUT2D eigenvalue weighted by Crippen LogP contribution is 2.48. The van der Waals surface area contributed by atoms with Gasteiger partial charge in [0.1, 0.15) is 0 Å². The van der Waals surface area contributed by atoms with Crippen LogP contribution in [-0.4, -0.2) is 46.5 Å². The van der Waals surface area contributed by atoms with E-state index < -0.39 is 0 Å². The summed E-state index contributed by atoms with van der Waals surface area (Å²) in [5.41, 5.74) is 1.70. The number of nitrogens with one attached hydrogen (secondary N) is 2. The summed E-state index contributed by atoms with van der Waals surface area (Å²) in [5, 5.41) is 10.5. The number of aromatic nitrogens is 2. The fraction of sp³-hybridized carbons (Fsp3) is 0.500. The van der Waals surface area contributed by atoms with Gasteiger partial charge in [-0.15, -0.1) is 0 Å². The Kier molecular flexibility index (Phi) is 5.90. The number of H-pyrrole nitrogens is 1. The number of halogens is 1. The van der Waals surface area contributed by atoms with Gasteiger partial charge < -0.3 is 10.2 Å². The molecule has 0 unspecified atom stereocenters. The number of hydrogen-bond acceptors (Lipinski definition) is 3. The lowest BCUT2D eigenvalue weighted by molar-refractivity contribution is -0.132. The van der Waals surface area contributed by atoms with Gasteiger partial charge in [-0.3, -0.25) is 14.7 Å². The summed E-state index contributed by atoms with van der Waals surface area (Å²) in [6, 6.07) is 7.60. The van der Waals surface area contributed by atoms with Crippen molar-refractivity contribution in [1.29, 1.82) is 0 Å². The van der Waals surface area contributed by atoms with Crippen LogP contribution in [-0.2, 0) is 21.4 Å². The maximum atomic E-state index is 12.9. The molecule has 2 aliphatic rings. The number of aryl methyl sites for hydroxylation is 1. The third-order valence-electron chi connectivity index (χ3n) is 6.19. The van der Waals surface area contributed by atoms with Crippen molar-refractivity contribution in [2.24, 2.45) is 5.92 Å². The van der Waals surface area contributed by atoms with Crippen molar-refractivity contribution in [3.05, 3.63) is 52.8 Å². The Morgan fingerprint density at radius 1 is 1.28 bits per heavy atom. The number of piperidine rings is 1. The number of amides is 2. The summed E-state index contributed by atoms with van der Waals surface area (Å²) in [4.78, 5) is 27.4. The minimum Gasteiger partial charge on any atom is -0.355 e. The zero-order valence-corrected chi connectivity index (χ0v) is 17.3. The van der Waals surface area contributed by atoms with Gasteiger partial charge in [0.15, 0.2) is 0 Å². The van der Waals surface area contributed by atoms with E-state index in [2.05, 4.69) is 15.5 Å². The third kappa shape index (κ3) is 4.64. The third-order valence-corrected chi connectivity index (χ3v) is 6.44. The SMILES string of the molecule is O=C(CCc1cn[nH]c1)N1CCC[C@@H](CNC(=O)C2(c3ccc(Cl)cc3)CC2)C1. The number of aromatic amines is 1. The predicted molar refractivity (Wildman–Crippen MR) is 112 cm³/mol. The van der Waals surface area contributed by atoms with Gasteiger partial charge in [0.05, 0.1) is 11.6 Å². The van der Waals surface area contributed by atoms with Crippen LogP contribution in [0, 0.1) is 5.92 Å². The highest BCUT2D eigenvalue weighted by Gasteiger charge is 2.51. The average molecular weight is 415 g/mol. The molecule has 1 aliphatic heterocycles. The van der Waals surface area contributed by atoms with Crippen LogP contribution in [0.3, 0.4) is 0 Å². The van der Waals surface area contributed by atoms with Crippen LogP contribution < -0.4 is 5.32 Å². The van der Waals surface area contributed by atoms with Gasteiger partial charge in [0.25, 0.3) is 0 Å². The summed E-state index contributed by atoms with van der Waals surface area (Å²) < 4.78 is 0. The maximum Gasteiger partial charge on any atom is 0.230 e. The van der Waals surface area contributed by atoms with E-state index >= 15 is 0 Å². The van der Waals surface area contributed by atoms with Gasteiger partial charge in [0.2, 0.25) is 11.8 Å². The Balaban J connectivity index is 1.26. The number of carbonyl (C=O) groups is 2. The van der Waals surface area contributed by atoms with E-state index in [0.29, 0.717) is 30.3 Å². The molecule has 154 valence electrons. The van der Waals surface area contributed by atoms with Crippen molar-refractivity contribution >= 4 is 23.4 Å². The smallest absolute Gasteiger partial charge is 0.230 e. The molecule has 2 N–H and O–H groups in total. The monoisotopic (exact) mass is 414 g/mol. The molecule has 4 rings (SSSR count). The summed E-state index contributed by atoms with van der Waals surface area (Å²) in [6.45, 7) is 2.15. The first-order valence-electron chi connectivity index (χ1n) is 10.4. The number of rotatable bonds is 7. The molecule has 29 heavy (non-hydrogen) atoms. The van der Waals surface area contributed by atoms with E-state index in [-0.39, 0.29) is 17.2 Å². The normalized spacial score (nSPS) is 20.3. The van der Waals surface area contributed by atoms with Crippen molar-refractivity contribution in [1.82, 2.24) is 20.4 Å². The first-order chi connectivity index (χ1) is 14.1. The zero-order valence-electron chi connectivity index (χ0n) is 16.5. The Morgan fingerprint density at radius 3 is 2.76 bits per heavy atom. The number of nitrogens with zero attached hydrogens (tertiary/aromatic N) is 2. The molecule has 1 saturated carbocycles. The van der Waals surface area contributed by atoms with E-state index in [1.807, 2.05) is 35.4 Å². The van der Waals surface area contributed by atoms with Gasteiger partial charge >= 0.3 is 0 Å². The molecule has 0 radical (unpaired) electrons. The van der Waals surface area contributed by atoms with Gasteiger partial charge in [-0.2, -0.15) is 5.10 Å². The highest BCUT2D eigenvalue weighted by molar-refractivity contribution is 6.30. The van der Waals surface area contributed by atoms with Gasteiger partial charge in [-0.25, -0.2) is 0 Å². The second-order valence-electron chi connectivity index (χ2n) is 8.25. The highest BCUT2D eigenvalue weighted by atomic mass is 35.5. The van der Waals surface area contributed by atoms with E-state index in [1.54, 1.807) is 6.20 Å². The fourth-order valence-corrected chi connectivity index (χ4v) is 4.35. The van der Waals surface area contributed by atoms with E-state index in [9.17, 15) is 9.59 Å². The molecule has 1 aliphatic carbocycles. The lowest BCUT2D eigenvalue weighted by Crippen LogP contribution is -2.45. The topological polar surface area (TPSA) is 78.1 Å². The van der Waals surface area contributed by atoms with Crippen molar-refractivity contribution in [3.8, 4) is 0 Å². The van der Waals surface area contributed by atoms with Crippen molar-refractivity contribution < 1.29 is 9.59 Å². The lowest BCUT2D eigenvalue weighted by atomic mass is 9.93. The van der Waals surface area contributed by atoms with Crippen LogP contribution in [0.4, 0.5) is 0 Å². The van der Waals surface area contributed by atoms with Crippen LogP contribution in [0.25, 0.3) is 0 Å². The Morgan fingerprint density at radius 2 is 2.07 bits per heavy atom. The average Bonchev–Trinajstić information content (AvgIpc) is 3.39. The molecule has 2 amide bonds. The fourth-order valence-electron chi connectivity index (χ4n) is 4.23. The van der Waals surface area contributed by atoms with Crippen LogP contribution in [0.2, 0.25) is 5.02 Å². The van der Waals surface area contributed by atoms with E-state index in [1.165, 1.54) is 0 Å². The van der Waals surface area contributed by atoms with Crippen molar-refractivity contribution in [2.75, 3.05) is 19.6 Å². The Bertz CT molecular complexity index is 846. The minimum absolute atomic E-state index is 0.100. The van der Waals surface area contributed by atoms with Crippen LogP contribution in [0.5, 0.6) is 0 Å². The molecule has 0 bridgehead atoms. The van der Waals surface area contributed by atoms with Crippen LogP contribution >= 0.6 is 11.6 Å². The molecule has 0 spiro atoms. The summed E-state index contributed by atoms with van der Waals surface area (Å²) >= 11 is 5.98. The lowest BCUT2D eigenvalue weighted by Gasteiger charge is -2.33. The molecule has 1 aromatic heterocycles. The van der Waals surface area contributed by atoms with Gasteiger partial charge in [-0.1, -0.05) is 23.7 Å². The molecule has 2 heterocycles. The summed E-state index contributed by atoms with van der Waals surface area (Å²) in [5.74, 6) is 0.594. The van der Waals surface area contributed by atoms with Gasteiger partial charge in [-0.05, 0) is 61.3 Å². The second kappa shape index (κ2) is 8.57. The maximum absolute atomic E-state index is 12.9. The number of likely N-dealkylation sites (tertiary alicyclic amines) is 1. The molecule has 1 saturated heterocycles. The largest absolute Gasteiger partial charge is 0.355 e. The van der Waals surface area contributed by atoms with Crippen LogP contribution in [0.15, 0.2) is 36.7 Å². The molecule has 6 nitrogen and oxygen atoms in total. The summed E-state index contributed by atoms with van der Waals surface area (Å²) in [6.07, 6.45) is 8.58. The first kappa shape index (κ1) is 20.0. The quantitative estimate of drug-likeness (QED) is 0.730. The second-order valence-corrected chi connectivity index (χ2v) is 8.69. The molecule has 7 heteroatoms. The molecule has 2 fully saturated rings. The van der Waals surface area contributed by atoms with Crippen molar-refractivity contribution in [3.63, 3.8) is 0 Å². The minimum atomic E-state index is -0.390. The number of carbonyl (C=O) groups excluding carboxylic acids is 2. The summed E-state index contributed by atoms with van der Waals surface area (Å²) in [7, 11) is 0. The van der Waals surface area contributed by atoms with Crippen LogP contribution in [0.1, 0.15) is 43.2 Å². The molecule has 2 aromatic rings. The standard InChI is InChI=1S/C22H27ClN4O2/c23-19-6-4-18(5-7-19)22(9-10-22)21(29)24-12-17-2-1-11-27(15-17)20(28)8-3-16-13-25-26-14-16/h4-7,13-14,17H,1-3,8-12,15H2,(H,24,29)(H,25,26)/t17-/m0/s1. The first-order valence-corrected chi connectivity index (χ1v) is 10.7. The molecule has 1 aromatic carbocycles. The zero-order chi connectivity index (χ0) is 20.3. The predicted octanol–water partition coefficient (Wildman–Crippen LogP) is 3.08.